The topological polar surface area (TPSA) is 24.5 Å². The zero-order valence-corrected chi connectivity index (χ0v) is 13.2. The van der Waals surface area contributed by atoms with Gasteiger partial charge in [0, 0.05) is 17.6 Å². The number of nitrogens with one attached hydrogen (secondary N) is 1. The first kappa shape index (κ1) is 14.8. The fraction of sp³-hybridized carbons (Fsp3) is 0.600. The van der Waals surface area contributed by atoms with Crippen LogP contribution in [-0.4, -0.2) is 44.7 Å². The van der Waals surface area contributed by atoms with E-state index in [1.54, 1.807) is 0 Å². The van der Waals surface area contributed by atoms with Crippen molar-refractivity contribution >= 4 is 15.9 Å². The van der Waals surface area contributed by atoms with Crippen molar-refractivity contribution in [2.75, 3.05) is 39.8 Å². The molecule has 0 radical (unpaired) electrons. The first-order valence-electron chi connectivity index (χ1n) is 7.03. The Kier molecular flexibility index (Phi) is 6.14. The fourth-order valence-electron chi connectivity index (χ4n) is 2.63. The third-order valence-corrected chi connectivity index (χ3v) is 4.11. The van der Waals surface area contributed by atoms with Gasteiger partial charge in [-0.2, -0.15) is 0 Å². The van der Waals surface area contributed by atoms with E-state index in [-0.39, 0.29) is 0 Å². The van der Waals surface area contributed by atoms with E-state index in [2.05, 4.69) is 26.1 Å². The number of halogens is 1. The molecule has 2 rings (SSSR count). The van der Waals surface area contributed by atoms with Crippen LogP contribution in [0, 0.1) is 5.92 Å². The minimum Gasteiger partial charge on any atom is -0.492 e. The summed E-state index contributed by atoms with van der Waals surface area (Å²) in [6.07, 6.45) is 2.66. The average Bonchev–Trinajstić information content (AvgIpc) is 2.42. The molecule has 1 aliphatic heterocycles. The normalized spacial score (nSPS) is 20.4. The lowest BCUT2D eigenvalue weighted by Crippen LogP contribution is -2.40. The highest BCUT2D eigenvalue weighted by atomic mass is 79.9. The van der Waals surface area contributed by atoms with Crippen molar-refractivity contribution in [2.45, 2.75) is 12.8 Å². The maximum absolute atomic E-state index is 5.78. The Balaban J connectivity index is 1.69. The van der Waals surface area contributed by atoms with Gasteiger partial charge in [0.05, 0.1) is 0 Å². The van der Waals surface area contributed by atoms with E-state index < -0.39 is 0 Å². The largest absolute Gasteiger partial charge is 0.492 e. The smallest absolute Gasteiger partial charge is 0.119 e. The fourth-order valence-corrected chi connectivity index (χ4v) is 2.90. The second-order valence-corrected chi connectivity index (χ2v) is 6.08. The molecule has 1 saturated heterocycles. The Bertz CT molecular complexity index is 367. The number of likely N-dealkylation sites (tertiary alicyclic amines) is 1. The minimum atomic E-state index is 0.772. The first-order chi connectivity index (χ1) is 9.28. The molecule has 1 aromatic rings. The van der Waals surface area contributed by atoms with Gasteiger partial charge in [-0.15, -0.1) is 0 Å². The number of ether oxygens (including phenoxy) is 1. The summed E-state index contributed by atoms with van der Waals surface area (Å²) in [6, 6.07) is 8.03. The van der Waals surface area contributed by atoms with E-state index in [0.717, 1.165) is 35.8 Å². The van der Waals surface area contributed by atoms with Crippen LogP contribution in [0.2, 0.25) is 0 Å². The molecule has 1 N–H and O–H groups in total. The van der Waals surface area contributed by atoms with Crippen molar-refractivity contribution in [1.29, 1.82) is 0 Å². The van der Waals surface area contributed by atoms with E-state index >= 15 is 0 Å². The number of hydrogen-bond acceptors (Lipinski definition) is 3. The highest BCUT2D eigenvalue weighted by Gasteiger charge is 2.18. The van der Waals surface area contributed by atoms with Gasteiger partial charge in [-0.3, -0.25) is 4.90 Å². The summed E-state index contributed by atoms with van der Waals surface area (Å²) >= 11 is 3.43. The van der Waals surface area contributed by atoms with Crippen LogP contribution in [0.3, 0.4) is 0 Å². The van der Waals surface area contributed by atoms with E-state index in [0.29, 0.717) is 0 Å². The van der Waals surface area contributed by atoms with Crippen LogP contribution in [0.5, 0.6) is 5.75 Å². The molecule has 1 aromatic carbocycles. The van der Waals surface area contributed by atoms with E-state index in [9.17, 15) is 0 Å². The SMILES string of the molecule is CNCC1CCCN(CCOc2ccc(Br)cc2)C1. The molecule has 1 unspecified atom stereocenters. The van der Waals surface area contributed by atoms with Crippen molar-refractivity contribution in [1.82, 2.24) is 10.2 Å². The van der Waals surface area contributed by atoms with E-state index in [1.165, 1.54) is 25.9 Å². The zero-order chi connectivity index (χ0) is 13.5. The Morgan fingerprint density at radius 3 is 2.89 bits per heavy atom. The molecule has 1 atom stereocenters. The monoisotopic (exact) mass is 326 g/mol. The van der Waals surface area contributed by atoms with Gasteiger partial charge in [-0.05, 0) is 63.2 Å². The van der Waals surface area contributed by atoms with E-state index in [4.69, 9.17) is 4.74 Å². The van der Waals surface area contributed by atoms with Crippen molar-refractivity contribution < 1.29 is 4.74 Å². The van der Waals surface area contributed by atoms with Gasteiger partial charge in [-0.1, -0.05) is 15.9 Å². The number of piperidine rings is 1. The molecule has 1 heterocycles. The lowest BCUT2D eigenvalue weighted by atomic mass is 9.98. The van der Waals surface area contributed by atoms with Crippen LogP contribution in [0.15, 0.2) is 28.7 Å². The molecule has 0 aliphatic carbocycles. The summed E-state index contributed by atoms with van der Waals surface area (Å²) in [5.41, 5.74) is 0. The van der Waals surface area contributed by atoms with Crippen molar-refractivity contribution in [3.63, 3.8) is 0 Å². The molecule has 0 spiro atoms. The first-order valence-corrected chi connectivity index (χ1v) is 7.82. The lowest BCUT2D eigenvalue weighted by Gasteiger charge is -2.32. The number of benzene rings is 1. The Morgan fingerprint density at radius 2 is 2.16 bits per heavy atom. The third-order valence-electron chi connectivity index (χ3n) is 3.59. The summed E-state index contributed by atoms with van der Waals surface area (Å²) in [5.74, 6) is 1.75. The van der Waals surface area contributed by atoms with Crippen LogP contribution in [-0.2, 0) is 0 Å². The number of hydrogen-bond donors (Lipinski definition) is 1. The molecular formula is C15H23BrN2O. The van der Waals surface area contributed by atoms with Crippen LogP contribution in [0.4, 0.5) is 0 Å². The molecule has 106 valence electrons. The summed E-state index contributed by atoms with van der Waals surface area (Å²) < 4.78 is 6.87. The summed E-state index contributed by atoms with van der Waals surface area (Å²) in [4.78, 5) is 2.52. The number of rotatable bonds is 6. The lowest BCUT2D eigenvalue weighted by molar-refractivity contribution is 0.146. The Hall–Kier alpha value is -0.580. The summed E-state index contributed by atoms with van der Waals surface area (Å²) in [7, 11) is 2.04. The zero-order valence-electron chi connectivity index (χ0n) is 11.6. The Labute approximate surface area is 124 Å². The molecule has 0 aromatic heterocycles. The van der Waals surface area contributed by atoms with Crippen LogP contribution in [0.1, 0.15) is 12.8 Å². The maximum atomic E-state index is 5.78. The molecule has 1 aliphatic rings. The molecule has 4 heteroatoms. The average molecular weight is 327 g/mol. The van der Waals surface area contributed by atoms with Crippen molar-refractivity contribution in [3.8, 4) is 5.75 Å². The molecule has 19 heavy (non-hydrogen) atoms. The molecule has 0 saturated carbocycles. The maximum Gasteiger partial charge on any atom is 0.119 e. The number of nitrogens with zero attached hydrogens (tertiary/aromatic N) is 1. The third kappa shape index (κ3) is 5.13. The van der Waals surface area contributed by atoms with Crippen LogP contribution >= 0.6 is 15.9 Å². The van der Waals surface area contributed by atoms with Gasteiger partial charge in [0.25, 0.3) is 0 Å². The molecule has 1 fully saturated rings. The molecular weight excluding hydrogens is 304 g/mol. The van der Waals surface area contributed by atoms with Gasteiger partial charge in [-0.25, -0.2) is 0 Å². The van der Waals surface area contributed by atoms with Gasteiger partial charge >= 0.3 is 0 Å². The predicted octanol–water partition coefficient (Wildman–Crippen LogP) is 2.76. The second-order valence-electron chi connectivity index (χ2n) is 5.17. The van der Waals surface area contributed by atoms with Gasteiger partial charge in [0.2, 0.25) is 0 Å². The van der Waals surface area contributed by atoms with Gasteiger partial charge in [0.1, 0.15) is 12.4 Å². The van der Waals surface area contributed by atoms with Crippen molar-refractivity contribution in [3.05, 3.63) is 28.7 Å². The van der Waals surface area contributed by atoms with Gasteiger partial charge < -0.3 is 10.1 Å². The highest BCUT2D eigenvalue weighted by molar-refractivity contribution is 9.10. The predicted molar refractivity (Wildman–Crippen MR) is 82.7 cm³/mol. The summed E-state index contributed by atoms with van der Waals surface area (Å²) in [6.45, 7) is 5.34. The minimum absolute atomic E-state index is 0.772. The second kappa shape index (κ2) is 7.88. The van der Waals surface area contributed by atoms with Crippen LogP contribution < -0.4 is 10.1 Å². The quantitative estimate of drug-likeness (QED) is 0.870. The van der Waals surface area contributed by atoms with E-state index in [1.807, 2.05) is 31.3 Å². The summed E-state index contributed by atoms with van der Waals surface area (Å²) in [5, 5.41) is 3.28. The molecule has 3 nitrogen and oxygen atoms in total. The molecule has 0 amide bonds. The van der Waals surface area contributed by atoms with Crippen molar-refractivity contribution in [2.24, 2.45) is 5.92 Å². The standard InChI is InChI=1S/C15H23BrN2O/c1-17-11-13-3-2-8-18(12-13)9-10-19-15-6-4-14(16)5-7-15/h4-7,13,17H,2-3,8-12H2,1H3. The highest BCUT2D eigenvalue weighted by Crippen LogP contribution is 2.17. The Morgan fingerprint density at radius 1 is 1.37 bits per heavy atom. The molecule has 0 bridgehead atoms. The van der Waals surface area contributed by atoms with Gasteiger partial charge in [0.15, 0.2) is 0 Å². The van der Waals surface area contributed by atoms with Crippen LogP contribution in [0.25, 0.3) is 0 Å².